The minimum Gasteiger partial charge on any atom is -0.481 e. The molecule has 1 N–H and O–H groups in total. The smallest absolute Gasteiger partial charge is 0.303 e. The molecule has 0 aromatic carbocycles. The monoisotopic (exact) mass is 168 g/mol. The van der Waals surface area contributed by atoms with E-state index in [2.05, 4.69) is 0 Å². The van der Waals surface area contributed by atoms with E-state index in [0.29, 0.717) is 11.8 Å². The van der Waals surface area contributed by atoms with Crippen LogP contribution in [0.2, 0.25) is 0 Å². The largest absolute Gasteiger partial charge is 0.481 e. The molecule has 0 aliphatic heterocycles. The fourth-order valence-corrected chi connectivity index (χ4v) is 3.03. The number of fused-ring (bicyclic) bond motifs is 2. The third-order valence-electron chi connectivity index (χ3n) is 3.76. The minimum absolute atomic E-state index is 0.382. The summed E-state index contributed by atoms with van der Waals surface area (Å²) in [5, 5.41) is 8.60. The maximum Gasteiger partial charge on any atom is 0.303 e. The Hall–Kier alpha value is -0.530. The molecule has 2 rings (SSSR count). The molecule has 0 aromatic heterocycles. The molecule has 0 aromatic rings. The second kappa shape index (κ2) is 2.75. The summed E-state index contributed by atoms with van der Waals surface area (Å²) in [6.45, 7) is 0. The fourth-order valence-electron chi connectivity index (χ4n) is 3.03. The van der Waals surface area contributed by atoms with Crippen molar-refractivity contribution in [3.05, 3.63) is 0 Å². The van der Waals surface area contributed by atoms with Gasteiger partial charge in [-0.2, -0.15) is 0 Å². The summed E-state index contributed by atoms with van der Waals surface area (Å²) < 4.78 is 0. The minimum atomic E-state index is -0.625. The number of hydrogen-bond acceptors (Lipinski definition) is 1. The van der Waals surface area contributed by atoms with Crippen molar-refractivity contribution >= 4 is 5.97 Å². The normalized spacial score (nSPS) is 38.8. The zero-order chi connectivity index (χ0) is 8.60. The Bertz CT molecular complexity index is 190. The van der Waals surface area contributed by atoms with E-state index in [1.54, 1.807) is 0 Å². The van der Waals surface area contributed by atoms with Gasteiger partial charge >= 0.3 is 5.97 Å². The van der Waals surface area contributed by atoms with E-state index in [4.69, 9.17) is 5.11 Å². The van der Waals surface area contributed by atoms with Crippen molar-refractivity contribution in [2.45, 2.75) is 44.9 Å². The summed E-state index contributed by atoms with van der Waals surface area (Å²) in [6, 6.07) is 0. The van der Waals surface area contributed by atoms with Crippen LogP contribution in [0.1, 0.15) is 44.9 Å². The van der Waals surface area contributed by atoms with Gasteiger partial charge in [0.05, 0.1) is 0 Å². The summed E-state index contributed by atoms with van der Waals surface area (Å²) in [4.78, 5) is 10.4. The molecule has 0 amide bonds. The Morgan fingerprint density at radius 2 is 2.08 bits per heavy atom. The Kier molecular flexibility index (Phi) is 1.85. The molecule has 0 unspecified atom stereocenters. The fraction of sp³-hybridized carbons (Fsp3) is 0.900. The number of hydrogen-bond donors (Lipinski definition) is 1. The van der Waals surface area contributed by atoms with Crippen LogP contribution in [0.3, 0.4) is 0 Å². The molecule has 0 saturated heterocycles. The molecule has 2 aliphatic carbocycles. The predicted octanol–water partition coefficient (Wildman–Crippen LogP) is 2.43. The first-order valence-electron chi connectivity index (χ1n) is 4.92. The van der Waals surface area contributed by atoms with E-state index >= 15 is 0 Å². The van der Waals surface area contributed by atoms with Gasteiger partial charge in [-0.3, -0.25) is 4.79 Å². The molecule has 2 heteroatoms. The predicted molar refractivity (Wildman–Crippen MR) is 45.9 cm³/mol. The summed E-state index contributed by atoms with van der Waals surface area (Å²) in [5.74, 6) is 0.318. The van der Waals surface area contributed by atoms with Crippen LogP contribution in [0, 0.1) is 11.3 Å². The van der Waals surface area contributed by atoms with E-state index in [9.17, 15) is 4.79 Å². The van der Waals surface area contributed by atoms with Gasteiger partial charge in [0.2, 0.25) is 0 Å². The summed E-state index contributed by atoms with van der Waals surface area (Å²) in [7, 11) is 0. The first-order valence-corrected chi connectivity index (χ1v) is 4.92. The summed E-state index contributed by atoms with van der Waals surface area (Å²) in [5.41, 5.74) is 0.461. The van der Waals surface area contributed by atoms with Gasteiger partial charge < -0.3 is 5.11 Å². The van der Waals surface area contributed by atoms with Crippen LogP contribution < -0.4 is 0 Å². The lowest BCUT2D eigenvalue weighted by atomic mass is 9.80. The molecule has 2 aliphatic rings. The average molecular weight is 168 g/mol. The summed E-state index contributed by atoms with van der Waals surface area (Å²) >= 11 is 0. The molecule has 2 saturated carbocycles. The molecule has 68 valence electrons. The Labute approximate surface area is 73.0 Å². The van der Waals surface area contributed by atoms with Crippen molar-refractivity contribution in [2.24, 2.45) is 11.3 Å². The lowest BCUT2D eigenvalue weighted by Crippen LogP contribution is -2.15. The first-order chi connectivity index (χ1) is 5.70. The van der Waals surface area contributed by atoms with Gasteiger partial charge in [0.15, 0.2) is 0 Å². The van der Waals surface area contributed by atoms with E-state index in [-0.39, 0.29) is 0 Å². The average Bonchev–Trinajstić information content (AvgIpc) is 2.60. The lowest BCUT2D eigenvalue weighted by molar-refractivity contribution is -0.137. The highest BCUT2D eigenvalue weighted by Gasteiger charge is 2.44. The van der Waals surface area contributed by atoms with Crippen molar-refractivity contribution in [3.63, 3.8) is 0 Å². The molecular formula is C10H16O2. The number of rotatable bonds is 3. The topological polar surface area (TPSA) is 37.3 Å². The standard InChI is InChI=1S/C10H16O2/c11-9(12)3-6-10-4-1-8(7-10)2-5-10/h8H,1-7H2,(H,11,12). The van der Waals surface area contributed by atoms with Crippen LogP contribution in [-0.4, -0.2) is 11.1 Å². The van der Waals surface area contributed by atoms with Crippen LogP contribution in [0.25, 0.3) is 0 Å². The van der Waals surface area contributed by atoms with Crippen LogP contribution >= 0.6 is 0 Å². The third-order valence-corrected chi connectivity index (χ3v) is 3.76. The Morgan fingerprint density at radius 3 is 2.50 bits per heavy atom. The van der Waals surface area contributed by atoms with Crippen molar-refractivity contribution in [1.29, 1.82) is 0 Å². The van der Waals surface area contributed by atoms with E-state index in [1.807, 2.05) is 0 Å². The third kappa shape index (κ3) is 1.35. The molecule has 2 bridgehead atoms. The van der Waals surface area contributed by atoms with Gasteiger partial charge in [-0.15, -0.1) is 0 Å². The van der Waals surface area contributed by atoms with Gasteiger partial charge in [0.25, 0.3) is 0 Å². The highest BCUT2D eigenvalue weighted by molar-refractivity contribution is 5.66. The van der Waals surface area contributed by atoms with E-state index < -0.39 is 5.97 Å². The Balaban J connectivity index is 1.90. The van der Waals surface area contributed by atoms with Gasteiger partial charge in [-0.25, -0.2) is 0 Å². The molecule has 0 heterocycles. The number of aliphatic carboxylic acids is 1. The maximum atomic E-state index is 10.4. The van der Waals surface area contributed by atoms with Crippen LogP contribution in [0.15, 0.2) is 0 Å². The SMILES string of the molecule is O=C(O)CCC12CCC(CC1)C2. The van der Waals surface area contributed by atoms with Crippen LogP contribution in [0.4, 0.5) is 0 Å². The number of carboxylic acids is 1. The van der Waals surface area contributed by atoms with Crippen molar-refractivity contribution in [2.75, 3.05) is 0 Å². The first kappa shape index (κ1) is 8.09. The maximum absolute atomic E-state index is 10.4. The zero-order valence-electron chi connectivity index (χ0n) is 7.38. The number of carbonyl (C=O) groups is 1. The van der Waals surface area contributed by atoms with Crippen molar-refractivity contribution in [1.82, 2.24) is 0 Å². The van der Waals surface area contributed by atoms with E-state index in [0.717, 1.165) is 12.3 Å². The zero-order valence-corrected chi connectivity index (χ0v) is 7.38. The van der Waals surface area contributed by atoms with Gasteiger partial charge in [0.1, 0.15) is 0 Å². The van der Waals surface area contributed by atoms with Crippen molar-refractivity contribution < 1.29 is 9.90 Å². The van der Waals surface area contributed by atoms with E-state index in [1.165, 1.54) is 32.1 Å². The summed E-state index contributed by atoms with van der Waals surface area (Å²) in [6.07, 6.45) is 7.95. The second-order valence-corrected chi connectivity index (χ2v) is 4.54. The molecule has 0 radical (unpaired) electrons. The quantitative estimate of drug-likeness (QED) is 0.702. The molecule has 0 atom stereocenters. The van der Waals surface area contributed by atoms with Gasteiger partial charge in [-0.05, 0) is 49.9 Å². The number of carboxylic acid groups (broad SMARTS) is 1. The van der Waals surface area contributed by atoms with Gasteiger partial charge in [0, 0.05) is 6.42 Å². The molecule has 2 fully saturated rings. The molecule has 0 spiro atoms. The lowest BCUT2D eigenvalue weighted by Gasteiger charge is -2.25. The molecule has 2 nitrogen and oxygen atoms in total. The molecule has 12 heavy (non-hydrogen) atoms. The van der Waals surface area contributed by atoms with Crippen molar-refractivity contribution in [3.8, 4) is 0 Å². The van der Waals surface area contributed by atoms with Gasteiger partial charge in [-0.1, -0.05) is 0 Å². The second-order valence-electron chi connectivity index (χ2n) is 4.54. The molecular weight excluding hydrogens is 152 g/mol. The highest BCUT2D eigenvalue weighted by Crippen LogP contribution is 2.56. The van der Waals surface area contributed by atoms with Crippen LogP contribution in [-0.2, 0) is 4.79 Å². The Morgan fingerprint density at radius 1 is 1.42 bits per heavy atom. The van der Waals surface area contributed by atoms with Crippen LogP contribution in [0.5, 0.6) is 0 Å². The highest BCUT2D eigenvalue weighted by atomic mass is 16.4.